The van der Waals surface area contributed by atoms with Crippen molar-refractivity contribution in [1.82, 2.24) is 0 Å². The molecule has 7 heteroatoms. The Morgan fingerprint density at radius 2 is 2.04 bits per heavy atom. The van der Waals surface area contributed by atoms with Gasteiger partial charge in [-0.25, -0.2) is 9.59 Å². The first kappa shape index (κ1) is 17.8. The van der Waals surface area contributed by atoms with Crippen molar-refractivity contribution in [1.29, 1.82) is 0 Å². The molecule has 0 spiro atoms. The Hall–Kier alpha value is -2.99. The van der Waals surface area contributed by atoms with Gasteiger partial charge in [-0.2, -0.15) is 0 Å². The maximum Gasteiger partial charge on any atom is 0.342 e. The van der Waals surface area contributed by atoms with Gasteiger partial charge in [0.25, 0.3) is 0 Å². The van der Waals surface area contributed by atoms with Crippen LogP contribution in [0, 0.1) is 6.92 Å². The molecular formula is C19H15ClO6. The number of phenols is 1. The van der Waals surface area contributed by atoms with Crippen LogP contribution in [0.1, 0.15) is 21.5 Å². The maximum atomic E-state index is 12.3. The summed E-state index contributed by atoms with van der Waals surface area (Å²) < 4.78 is 15.4. The maximum absolute atomic E-state index is 12.3. The van der Waals surface area contributed by atoms with E-state index in [2.05, 4.69) is 0 Å². The van der Waals surface area contributed by atoms with Crippen molar-refractivity contribution in [2.75, 3.05) is 7.11 Å². The van der Waals surface area contributed by atoms with E-state index in [9.17, 15) is 14.7 Å². The molecule has 0 atom stereocenters. The molecular weight excluding hydrogens is 360 g/mol. The highest BCUT2D eigenvalue weighted by atomic mass is 35.5. The fraction of sp³-hybridized carbons (Fsp3) is 0.158. The minimum Gasteiger partial charge on any atom is -0.504 e. The first-order chi connectivity index (χ1) is 12.4. The van der Waals surface area contributed by atoms with Gasteiger partial charge in [0, 0.05) is 22.0 Å². The predicted molar refractivity (Wildman–Crippen MR) is 96.0 cm³/mol. The number of halogens is 1. The molecule has 26 heavy (non-hydrogen) atoms. The molecule has 0 aliphatic rings. The zero-order valence-corrected chi connectivity index (χ0v) is 14.8. The van der Waals surface area contributed by atoms with Crippen molar-refractivity contribution < 1.29 is 23.8 Å². The van der Waals surface area contributed by atoms with Crippen molar-refractivity contribution in [3.05, 3.63) is 68.5 Å². The Balaban J connectivity index is 1.92. The molecule has 0 radical (unpaired) electrons. The number of carbonyl (C=O) groups is 1. The van der Waals surface area contributed by atoms with Crippen LogP contribution < -0.4 is 10.4 Å². The summed E-state index contributed by atoms with van der Waals surface area (Å²) in [6.07, 6.45) is 0. The number of aryl methyl sites for hydroxylation is 1. The van der Waals surface area contributed by atoms with Gasteiger partial charge in [-0.3, -0.25) is 0 Å². The van der Waals surface area contributed by atoms with Gasteiger partial charge in [0.15, 0.2) is 11.5 Å². The number of methoxy groups -OCH3 is 1. The molecule has 2 aromatic carbocycles. The topological polar surface area (TPSA) is 86.0 Å². The van der Waals surface area contributed by atoms with Crippen LogP contribution in [0.2, 0.25) is 5.02 Å². The Morgan fingerprint density at radius 3 is 2.77 bits per heavy atom. The van der Waals surface area contributed by atoms with E-state index in [1.807, 2.05) is 0 Å². The zero-order chi connectivity index (χ0) is 18.8. The summed E-state index contributed by atoms with van der Waals surface area (Å²) in [5.74, 6) is -0.899. The highest BCUT2D eigenvalue weighted by Gasteiger charge is 2.17. The molecule has 0 amide bonds. The van der Waals surface area contributed by atoms with Gasteiger partial charge < -0.3 is 19.0 Å². The number of esters is 1. The molecule has 1 aromatic heterocycles. The fourth-order valence-corrected chi connectivity index (χ4v) is 2.70. The normalized spacial score (nSPS) is 10.7. The van der Waals surface area contributed by atoms with Crippen LogP contribution in [-0.2, 0) is 11.3 Å². The molecule has 1 heterocycles. The lowest BCUT2D eigenvalue weighted by Crippen LogP contribution is -2.08. The summed E-state index contributed by atoms with van der Waals surface area (Å²) in [7, 11) is 1.38. The lowest BCUT2D eigenvalue weighted by Gasteiger charge is -2.10. The molecule has 1 N–H and O–H groups in total. The Bertz CT molecular complexity index is 1050. The third-order valence-electron chi connectivity index (χ3n) is 3.91. The van der Waals surface area contributed by atoms with E-state index in [4.69, 9.17) is 25.5 Å². The number of fused-ring (bicyclic) bond motifs is 1. The Kier molecular flexibility index (Phi) is 4.86. The number of rotatable bonds is 4. The minimum atomic E-state index is -0.749. The van der Waals surface area contributed by atoms with Gasteiger partial charge in [-0.1, -0.05) is 17.7 Å². The number of hydrogen-bond acceptors (Lipinski definition) is 6. The van der Waals surface area contributed by atoms with Gasteiger partial charge >= 0.3 is 11.6 Å². The third-order valence-corrected chi connectivity index (χ3v) is 4.31. The molecule has 0 fully saturated rings. The SMILES string of the molecule is COc1cccc(C(=O)OCc2cc(=O)oc3cc(C)c(Cl)cc23)c1O. The molecule has 0 aliphatic carbocycles. The van der Waals surface area contributed by atoms with E-state index in [1.165, 1.54) is 25.3 Å². The van der Waals surface area contributed by atoms with Gasteiger partial charge in [0.2, 0.25) is 0 Å². The third kappa shape index (κ3) is 3.36. The van der Waals surface area contributed by atoms with Crippen LogP contribution in [-0.4, -0.2) is 18.2 Å². The summed E-state index contributed by atoms with van der Waals surface area (Å²) in [6, 6.07) is 9.04. The Labute approximate surface area is 153 Å². The van der Waals surface area contributed by atoms with E-state index in [0.717, 1.165) is 5.56 Å². The van der Waals surface area contributed by atoms with Crippen molar-refractivity contribution in [2.24, 2.45) is 0 Å². The van der Waals surface area contributed by atoms with E-state index in [0.29, 0.717) is 21.6 Å². The van der Waals surface area contributed by atoms with E-state index in [1.54, 1.807) is 25.1 Å². The van der Waals surface area contributed by atoms with E-state index < -0.39 is 11.6 Å². The average molecular weight is 375 g/mol. The van der Waals surface area contributed by atoms with Gasteiger partial charge in [-0.15, -0.1) is 0 Å². The summed E-state index contributed by atoms with van der Waals surface area (Å²) >= 11 is 6.14. The number of benzene rings is 2. The zero-order valence-electron chi connectivity index (χ0n) is 14.0. The molecule has 0 bridgehead atoms. The molecule has 0 saturated heterocycles. The summed E-state index contributed by atoms with van der Waals surface area (Å²) in [4.78, 5) is 24.0. The lowest BCUT2D eigenvalue weighted by atomic mass is 10.1. The van der Waals surface area contributed by atoms with E-state index >= 15 is 0 Å². The first-order valence-electron chi connectivity index (χ1n) is 7.66. The lowest BCUT2D eigenvalue weighted by molar-refractivity contribution is 0.0470. The average Bonchev–Trinajstić information content (AvgIpc) is 2.61. The quantitative estimate of drug-likeness (QED) is 0.551. The second-order valence-corrected chi connectivity index (χ2v) is 6.03. The summed E-state index contributed by atoms with van der Waals surface area (Å²) in [6.45, 7) is 1.61. The molecule has 3 rings (SSSR count). The molecule has 6 nitrogen and oxygen atoms in total. The van der Waals surface area contributed by atoms with Crippen molar-refractivity contribution in [3.63, 3.8) is 0 Å². The van der Waals surface area contributed by atoms with Crippen LogP contribution in [0.15, 0.2) is 45.6 Å². The van der Waals surface area contributed by atoms with Crippen LogP contribution in [0.3, 0.4) is 0 Å². The highest BCUT2D eigenvalue weighted by molar-refractivity contribution is 6.32. The van der Waals surface area contributed by atoms with Crippen molar-refractivity contribution >= 4 is 28.5 Å². The molecule has 0 saturated carbocycles. The molecule has 0 aliphatic heterocycles. The van der Waals surface area contributed by atoms with Gasteiger partial charge in [0.1, 0.15) is 17.8 Å². The number of aromatic hydroxyl groups is 1. The van der Waals surface area contributed by atoms with Gasteiger partial charge in [0.05, 0.1) is 7.11 Å². The first-order valence-corrected chi connectivity index (χ1v) is 8.04. The summed E-state index contributed by atoms with van der Waals surface area (Å²) in [5, 5.41) is 11.1. The summed E-state index contributed by atoms with van der Waals surface area (Å²) in [5.41, 5.74) is 0.973. The molecule has 3 aromatic rings. The van der Waals surface area contributed by atoms with Crippen molar-refractivity contribution in [3.8, 4) is 11.5 Å². The van der Waals surface area contributed by atoms with Gasteiger partial charge in [-0.05, 0) is 36.8 Å². The van der Waals surface area contributed by atoms with Crippen LogP contribution in [0.25, 0.3) is 11.0 Å². The van der Waals surface area contributed by atoms with E-state index in [-0.39, 0.29) is 23.7 Å². The Morgan fingerprint density at radius 1 is 1.27 bits per heavy atom. The minimum absolute atomic E-state index is 0.0366. The predicted octanol–water partition coefficient (Wildman–Crippen LogP) is 3.83. The largest absolute Gasteiger partial charge is 0.504 e. The monoisotopic (exact) mass is 374 g/mol. The number of para-hydroxylation sites is 1. The van der Waals surface area contributed by atoms with Crippen LogP contribution in [0.5, 0.6) is 11.5 Å². The number of phenolic OH excluding ortho intramolecular Hbond substituents is 1. The number of carbonyl (C=O) groups excluding carboxylic acids is 1. The van der Waals surface area contributed by atoms with Crippen LogP contribution >= 0.6 is 11.6 Å². The smallest absolute Gasteiger partial charge is 0.342 e. The van der Waals surface area contributed by atoms with Crippen molar-refractivity contribution in [2.45, 2.75) is 13.5 Å². The second-order valence-electron chi connectivity index (χ2n) is 5.62. The van der Waals surface area contributed by atoms with Crippen LogP contribution in [0.4, 0.5) is 0 Å². The highest BCUT2D eigenvalue weighted by Crippen LogP contribution is 2.30. The number of hydrogen-bond donors (Lipinski definition) is 1. The fourth-order valence-electron chi connectivity index (χ4n) is 2.54. The number of ether oxygens (including phenoxy) is 2. The molecule has 134 valence electrons. The molecule has 0 unspecified atom stereocenters. The standard InChI is InChI=1S/C19H15ClO6/c1-10-6-16-13(8-14(10)20)11(7-17(21)26-16)9-25-19(23)12-4-3-5-15(24-2)18(12)22/h3-8,22H,9H2,1-2H3. The second kappa shape index (κ2) is 7.09.